The van der Waals surface area contributed by atoms with Crippen molar-refractivity contribution in [2.24, 2.45) is 5.92 Å². The Labute approximate surface area is 114 Å². The Kier molecular flexibility index (Phi) is 4.20. The zero-order chi connectivity index (χ0) is 13.8. The summed E-state index contributed by atoms with van der Waals surface area (Å²) in [4.78, 5) is 8.81. The number of rotatable bonds is 5. The molecule has 1 atom stereocenters. The van der Waals surface area contributed by atoms with Crippen molar-refractivity contribution in [2.45, 2.75) is 33.2 Å². The Morgan fingerprint density at radius 3 is 2.68 bits per heavy atom. The normalized spacial score (nSPS) is 12.7. The van der Waals surface area contributed by atoms with E-state index in [1.165, 1.54) is 0 Å². The van der Waals surface area contributed by atoms with Crippen LogP contribution in [0.15, 0.2) is 24.4 Å². The second-order valence-corrected chi connectivity index (χ2v) is 5.25. The van der Waals surface area contributed by atoms with Gasteiger partial charge in [-0.1, -0.05) is 13.8 Å². The molecule has 4 heteroatoms. The topological polar surface area (TPSA) is 47.0 Å². The van der Waals surface area contributed by atoms with Crippen LogP contribution in [0.3, 0.4) is 0 Å². The molecule has 0 aliphatic carbocycles. The zero-order valence-corrected chi connectivity index (χ0v) is 12.0. The Balaban J connectivity index is 2.31. The molecule has 2 heterocycles. The molecule has 2 aromatic heterocycles. The smallest absolute Gasteiger partial charge is 0.213 e. The maximum absolute atomic E-state index is 5.18. The zero-order valence-electron chi connectivity index (χ0n) is 12.0. The molecule has 1 N–H and O–H groups in total. The van der Waals surface area contributed by atoms with Crippen molar-refractivity contribution in [3.8, 4) is 5.88 Å². The molecular weight excluding hydrogens is 238 g/mol. The van der Waals surface area contributed by atoms with Crippen molar-refractivity contribution >= 4 is 16.7 Å². The van der Waals surface area contributed by atoms with Gasteiger partial charge in [-0.25, -0.2) is 4.98 Å². The van der Waals surface area contributed by atoms with Crippen molar-refractivity contribution in [1.82, 2.24) is 9.97 Å². The SMILES string of the molecule is COc1ccc2nccc(NC(C)CC(C)C)c2n1. The van der Waals surface area contributed by atoms with Gasteiger partial charge in [0, 0.05) is 18.3 Å². The number of aromatic nitrogens is 2. The van der Waals surface area contributed by atoms with Gasteiger partial charge in [-0.2, -0.15) is 0 Å². The minimum Gasteiger partial charge on any atom is -0.481 e. The number of fused-ring (bicyclic) bond motifs is 1. The highest BCUT2D eigenvalue weighted by atomic mass is 16.5. The van der Waals surface area contributed by atoms with Gasteiger partial charge in [-0.15, -0.1) is 0 Å². The Morgan fingerprint density at radius 1 is 1.21 bits per heavy atom. The molecule has 102 valence electrons. The van der Waals surface area contributed by atoms with Crippen LogP contribution in [0.25, 0.3) is 11.0 Å². The first-order chi connectivity index (χ1) is 9.10. The summed E-state index contributed by atoms with van der Waals surface area (Å²) in [6.07, 6.45) is 2.93. The van der Waals surface area contributed by atoms with E-state index in [0.717, 1.165) is 23.1 Å². The molecule has 19 heavy (non-hydrogen) atoms. The highest BCUT2D eigenvalue weighted by Gasteiger charge is 2.09. The molecule has 0 spiro atoms. The van der Waals surface area contributed by atoms with Crippen LogP contribution in [0.2, 0.25) is 0 Å². The summed E-state index contributed by atoms with van der Waals surface area (Å²) >= 11 is 0. The Morgan fingerprint density at radius 2 is 2.00 bits per heavy atom. The molecule has 0 aliphatic rings. The molecule has 0 amide bonds. The fourth-order valence-electron chi connectivity index (χ4n) is 2.27. The van der Waals surface area contributed by atoms with Gasteiger partial charge in [0.1, 0.15) is 5.52 Å². The molecule has 0 fully saturated rings. The second kappa shape index (κ2) is 5.87. The summed E-state index contributed by atoms with van der Waals surface area (Å²) < 4.78 is 5.18. The molecule has 0 saturated carbocycles. The van der Waals surface area contributed by atoms with E-state index in [-0.39, 0.29) is 0 Å². The monoisotopic (exact) mass is 259 g/mol. The molecule has 0 radical (unpaired) electrons. The van der Waals surface area contributed by atoms with Crippen molar-refractivity contribution in [3.05, 3.63) is 24.4 Å². The first kappa shape index (κ1) is 13.6. The van der Waals surface area contributed by atoms with Crippen LogP contribution >= 0.6 is 0 Å². The summed E-state index contributed by atoms with van der Waals surface area (Å²) in [5.74, 6) is 1.28. The predicted octanol–water partition coefficient (Wildman–Crippen LogP) is 3.48. The standard InChI is InChI=1S/C15H21N3O/c1-10(2)9-11(3)17-13-7-8-16-12-5-6-14(19-4)18-15(12)13/h5-8,10-11H,9H2,1-4H3,(H,16,17). The van der Waals surface area contributed by atoms with Crippen LogP contribution in [0, 0.1) is 5.92 Å². The number of methoxy groups -OCH3 is 1. The van der Waals surface area contributed by atoms with E-state index in [4.69, 9.17) is 4.74 Å². The van der Waals surface area contributed by atoms with Gasteiger partial charge in [-0.05, 0) is 31.4 Å². The number of nitrogens with one attached hydrogen (secondary N) is 1. The van der Waals surface area contributed by atoms with E-state index in [2.05, 4.69) is 36.1 Å². The minimum atomic E-state index is 0.401. The van der Waals surface area contributed by atoms with E-state index >= 15 is 0 Å². The molecule has 0 saturated heterocycles. The third-order valence-corrected chi connectivity index (χ3v) is 2.99. The lowest BCUT2D eigenvalue weighted by Gasteiger charge is -2.18. The van der Waals surface area contributed by atoms with Crippen LogP contribution in [0.1, 0.15) is 27.2 Å². The second-order valence-electron chi connectivity index (χ2n) is 5.25. The molecular formula is C15H21N3O. The first-order valence-electron chi connectivity index (χ1n) is 6.66. The molecule has 2 rings (SSSR count). The third kappa shape index (κ3) is 3.34. The molecule has 0 aromatic carbocycles. The minimum absolute atomic E-state index is 0.401. The van der Waals surface area contributed by atoms with E-state index < -0.39 is 0 Å². The first-order valence-corrected chi connectivity index (χ1v) is 6.66. The van der Waals surface area contributed by atoms with Crippen molar-refractivity contribution in [3.63, 3.8) is 0 Å². The van der Waals surface area contributed by atoms with Gasteiger partial charge in [0.2, 0.25) is 5.88 Å². The fraction of sp³-hybridized carbons (Fsp3) is 0.467. The van der Waals surface area contributed by atoms with Crippen molar-refractivity contribution in [2.75, 3.05) is 12.4 Å². The molecule has 4 nitrogen and oxygen atoms in total. The lowest BCUT2D eigenvalue weighted by atomic mass is 10.1. The summed E-state index contributed by atoms with van der Waals surface area (Å²) in [5.41, 5.74) is 2.75. The van der Waals surface area contributed by atoms with Crippen LogP contribution in [-0.4, -0.2) is 23.1 Å². The third-order valence-electron chi connectivity index (χ3n) is 2.99. The number of nitrogens with zero attached hydrogens (tertiary/aromatic N) is 2. The Hall–Kier alpha value is -1.84. The van der Waals surface area contributed by atoms with Gasteiger partial charge in [0.25, 0.3) is 0 Å². The highest BCUT2D eigenvalue weighted by Crippen LogP contribution is 2.23. The van der Waals surface area contributed by atoms with Gasteiger partial charge < -0.3 is 10.1 Å². The van der Waals surface area contributed by atoms with Crippen LogP contribution in [0.4, 0.5) is 5.69 Å². The number of hydrogen-bond acceptors (Lipinski definition) is 4. The van der Waals surface area contributed by atoms with Crippen LogP contribution in [-0.2, 0) is 0 Å². The van der Waals surface area contributed by atoms with Gasteiger partial charge in [0.05, 0.1) is 18.3 Å². The van der Waals surface area contributed by atoms with E-state index in [1.54, 1.807) is 13.3 Å². The average molecular weight is 259 g/mol. The van der Waals surface area contributed by atoms with Gasteiger partial charge in [0.15, 0.2) is 0 Å². The maximum Gasteiger partial charge on any atom is 0.213 e. The Bertz CT molecular complexity index is 554. The predicted molar refractivity (Wildman–Crippen MR) is 78.6 cm³/mol. The lowest BCUT2D eigenvalue weighted by Crippen LogP contribution is -2.17. The highest BCUT2D eigenvalue weighted by molar-refractivity contribution is 5.87. The van der Waals surface area contributed by atoms with Crippen molar-refractivity contribution in [1.29, 1.82) is 0 Å². The average Bonchev–Trinajstić information content (AvgIpc) is 2.37. The molecule has 2 aromatic rings. The number of pyridine rings is 2. The number of hydrogen-bond donors (Lipinski definition) is 1. The number of anilines is 1. The van der Waals surface area contributed by atoms with Crippen LogP contribution in [0.5, 0.6) is 5.88 Å². The molecule has 0 bridgehead atoms. The van der Waals surface area contributed by atoms with Crippen molar-refractivity contribution < 1.29 is 4.74 Å². The summed E-state index contributed by atoms with van der Waals surface area (Å²) in [6, 6.07) is 6.13. The number of ether oxygens (including phenoxy) is 1. The van der Waals surface area contributed by atoms with E-state index in [9.17, 15) is 0 Å². The maximum atomic E-state index is 5.18. The van der Waals surface area contributed by atoms with Gasteiger partial charge in [-0.3, -0.25) is 4.98 Å². The molecule has 1 unspecified atom stereocenters. The van der Waals surface area contributed by atoms with Gasteiger partial charge >= 0.3 is 0 Å². The lowest BCUT2D eigenvalue weighted by molar-refractivity contribution is 0.399. The summed E-state index contributed by atoms with van der Waals surface area (Å²) in [5, 5.41) is 3.51. The summed E-state index contributed by atoms with van der Waals surface area (Å²) in [6.45, 7) is 6.64. The van der Waals surface area contributed by atoms with E-state index in [1.807, 2.05) is 18.2 Å². The molecule has 0 aliphatic heterocycles. The summed E-state index contributed by atoms with van der Waals surface area (Å²) in [7, 11) is 1.62. The quantitative estimate of drug-likeness (QED) is 0.893. The fourth-order valence-corrected chi connectivity index (χ4v) is 2.27. The van der Waals surface area contributed by atoms with Crippen LogP contribution < -0.4 is 10.1 Å². The van der Waals surface area contributed by atoms with E-state index in [0.29, 0.717) is 17.8 Å². The largest absolute Gasteiger partial charge is 0.481 e.